The van der Waals surface area contributed by atoms with Crippen LogP contribution in [0.3, 0.4) is 0 Å². The van der Waals surface area contributed by atoms with E-state index in [0.29, 0.717) is 12.3 Å². The average molecular weight is 364 g/mol. The summed E-state index contributed by atoms with van der Waals surface area (Å²) in [7, 11) is 0. The predicted molar refractivity (Wildman–Crippen MR) is 101 cm³/mol. The number of aromatic nitrogens is 1. The number of rotatable bonds is 3. The van der Waals surface area contributed by atoms with Crippen molar-refractivity contribution in [2.45, 2.75) is 31.7 Å². The number of amides is 1. The molecule has 1 aliphatic rings. The van der Waals surface area contributed by atoms with E-state index in [9.17, 15) is 9.18 Å². The Morgan fingerprint density at radius 1 is 1.04 bits per heavy atom. The van der Waals surface area contributed by atoms with Crippen LogP contribution in [-0.2, 0) is 0 Å². The Morgan fingerprint density at radius 3 is 2.70 bits per heavy atom. The van der Waals surface area contributed by atoms with Crippen LogP contribution in [0.5, 0.6) is 0 Å². The van der Waals surface area contributed by atoms with E-state index in [-0.39, 0.29) is 23.5 Å². The molecular formula is C22H21FN2O2. The second-order valence-electron chi connectivity index (χ2n) is 6.86. The van der Waals surface area contributed by atoms with Gasteiger partial charge in [-0.25, -0.2) is 4.39 Å². The number of carbonyl (C=O) groups excluding carboxylic acids is 1. The van der Waals surface area contributed by atoms with Gasteiger partial charge in [0, 0.05) is 18.2 Å². The summed E-state index contributed by atoms with van der Waals surface area (Å²) in [5.74, 6) is 0.116. The third kappa shape index (κ3) is 3.77. The maximum atomic E-state index is 13.7. The Balaban J connectivity index is 1.63. The molecule has 0 bridgehead atoms. The summed E-state index contributed by atoms with van der Waals surface area (Å²) in [5, 5.41) is 4.00. The highest BCUT2D eigenvalue weighted by Gasteiger charge is 2.29. The van der Waals surface area contributed by atoms with Crippen molar-refractivity contribution < 1.29 is 13.7 Å². The molecule has 0 saturated carbocycles. The fourth-order valence-electron chi connectivity index (χ4n) is 3.67. The first-order valence-corrected chi connectivity index (χ1v) is 9.31. The van der Waals surface area contributed by atoms with Gasteiger partial charge < -0.3 is 9.42 Å². The smallest absolute Gasteiger partial charge is 0.276 e. The van der Waals surface area contributed by atoms with E-state index in [1.54, 1.807) is 12.1 Å². The monoisotopic (exact) mass is 364 g/mol. The average Bonchev–Trinajstić information content (AvgIpc) is 3.06. The van der Waals surface area contributed by atoms with Crippen LogP contribution in [-0.4, -0.2) is 22.5 Å². The Hall–Kier alpha value is -2.95. The zero-order chi connectivity index (χ0) is 18.6. The molecule has 2 aromatic carbocycles. The molecule has 1 saturated heterocycles. The van der Waals surface area contributed by atoms with E-state index >= 15 is 0 Å². The number of hydrogen-bond acceptors (Lipinski definition) is 3. The maximum absolute atomic E-state index is 13.7. The SMILES string of the molecule is O=C(c1cc(-c2ccccc2)on1)N1CCCCCC1c1cccc(F)c1. The summed E-state index contributed by atoms with van der Waals surface area (Å²) in [6.07, 6.45) is 3.82. The molecule has 5 heteroatoms. The first-order chi connectivity index (χ1) is 13.2. The lowest BCUT2D eigenvalue weighted by molar-refractivity contribution is 0.0670. The van der Waals surface area contributed by atoms with Crippen LogP contribution in [0, 0.1) is 5.82 Å². The first kappa shape index (κ1) is 17.5. The third-order valence-corrected chi connectivity index (χ3v) is 5.03. The highest BCUT2D eigenvalue weighted by Crippen LogP contribution is 2.32. The zero-order valence-corrected chi connectivity index (χ0v) is 15.0. The van der Waals surface area contributed by atoms with Crippen molar-refractivity contribution in [3.8, 4) is 11.3 Å². The minimum absolute atomic E-state index is 0.146. The standard InChI is InChI=1S/C22H21FN2O2/c23-18-11-7-10-17(14-18)20-12-5-2-6-13-25(20)22(26)19-15-21(27-24-19)16-8-3-1-4-9-16/h1,3-4,7-11,14-15,20H,2,5-6,12-13H2. The Kier molecular flexibility index (Phi) is 5.01. The lowest BCUT2D eigenvalue weighted by Crippen LogP contribution is -2.35. The van der Waals surface area contributed by atoms with Crippen LogP contribution in [0.15, 0.2) is 65.2 Å². The molecule has 2 heterocycles. The number of carbonyl (C=O) groups is 1. The van der Waals surface area contributed by atoms with Gasteiger partial charge in [-0.15, -0.1) is 0 Å². The summed E-state index contributed by atoms with van der Waals surface area (Å²) in [4.78, 5) is 15.0. The van der Waals surface area contributed by atoms with Crippen molar-refractivity contribution in [3.05, 3.63) is 77.7 Å². The molecule has 1 atom stereocenters. The van der Waals surface area contributed by atoms with Gasteiger partial charge in [-0.3, -0.25) is 4.79 Å². The molecule has 0 aliphatic carbocycles. The van der Waals surface area contributed by atoms with Crippen LogP contribution >= 0.6 is 0 Å². The molecule has 1 amide bonds. The summed E-state index contributed by atoms with van der Waals surface area (Å²) >= 11 is 0. The maximum Gasteiger partial charge on any atom is 0.276 e. The van der Waals surface area contributed by atoms with Gasteiger partial charge in [-0.05, 0) is 30.5 Å². The molecule has 1 aromatic heterocycles. The van der Waals surface area contributed by atoms with E-state index in [1.165, 1.54) is 12.1 Å². The van der Waals surface area contributed by atoms with Crippen LogP contribution in [0.2, 0.25) is 0 Å². The summed E-state index contributed by atoms with van der Waals surface area (Å²) < 4.78 is 19.1. The molecule has 0 spiro atoms. The van der Waals surface area contributed by atoms with Crippen LogP contribution < -0.4 is 0 Å². The van der Waals surface area contributed by atoms with Crippen molar-refractivity contribution >= 4 is 5.91 Å². The van der Waals surface area contributed by atoms with Crippen molar-refractivity contribution in [2.24, 2.45) is 0 Å². The van der Waals surface area contributed by atoms with Crippen molar-refractivity contribution in [3.63, 3.8) is 0 Å². The van der Waals surface area contributed by atoms with Gasteiger partial charge in [-0.1, -0.05) is 60.5 Å². The highest BCUT2D eigenvalue weighted by atomic mass is 19.1. The zero-order valence-electron chi connectivity index (χ0n) is 15.0. The molecule has 1 unspecified atom stereocenters. The largest absolute Gasteiger partial charge is 0.355 e. The minimum Gasteiger partial charge on any atom is -0.355 e. The Labute approximate surface area is 157 Å². The molecule has 4 nitrogen and oxygen atoms in total. The normalized spacial score (nSPS) is 17.5. The lowest BCUT2D eigenvalue weighted by atomic mass is 10.0. The number of likely N-dealkylation sites (tertiary alicyclic amines) is 1. The summed E-state index contributed by atoms with van der Waals surface area (Å²) in [6.45, 7) is 0.632. The molecule has 0 N–H and O–H groups in total. The van der Waals surface area contributed by atoms with Crippen LogP contribution in [0.25, 0.3) is 11.3 Å². The van der Waals surface area contributed by atoms with Gasteiger partial charge in [0.1, 0.15) is 5.82 Å². The van der Waals surface area contributed by atoms with Crippen LogP contribution in [0.4, 0.5) is 4.39 Å². The second-order valence-corrected chi connectivity index (χ2v) is 6.86. The van der Waals surface area contributed by atoms with E-state index in [2.05, 4.69) is 5.16 Å². The Bertz CT molecular complexity index is 923. The number of hydrogen-bond donors (Lipinski definition) is 0. The molecule has 27 heavy (non-hydrogen) atoms. The van der Waals surface area contributed by atoms with Gasteiger partial charge in [-0.2, -0.15) is 0 Å². The van der Waals surface area contributed by atoms with Gasteiger partial charge in [0.15, 0.2) is 11.5 Å². The summed E-state index contributed by atoms with van der Waals surface area (Å²) in [6, 6.07) is 17.6. The lowest BCUT2D eigenvalue weighted by Gasteiger charge is -2.29. The second kappa shape index (κ2) is 7.74. The van der Waals surface area contributed by atoms with Gasteiger partial charge in [0.2, 0.25) is 0 Å². The van der Waals surface area contributed by atoms with Gasteiger partial charge >= 0.3 is 0 Å². The highest BCUT2D eigenvalue weighted by molar-refractivity contribution is 5.93. The molecule has 0 radical (unpaired) electrons. The number of halogens is 1. The first-order valence-electron chi connectivity index (χ1n) is 9.31. The van der Waals surface area contributed by atoms with E-state index in [4.69, 9.17) is 4.52 Å². The van der Waals surface area contributed by atoms with Crippen molar-refractivity contribution in [1.29, 1.82) is 0 Å². The molecule has 3 aromatic rings. The quantitative estimate of drug-likeness (QED) is 0.639. The Morgan fingerprint density at radius 2 is 1.89 bits per heavy atom. The van der Waals surface area contributed by atoms with E-state index < -0.39 is 0 Å². The third-order valence-electron chi connectivity index (χ3n) is 5.03. The predicted octanol–water partition coefficient (Wildman–Crippen LogP) is 5.24. The topological polar surface area (TPSA) is 46.3 Å². The van der Waals surface area contributed by atoms with E-state index in [0.717, 1.165) is 36.8 Å². The number of benzene rings is 2. The molecule has 138 valence electrons. The summed E-state index contributed by atoms with van der Waals surface area (Å²) in [5.41, 5.74) is 2.00. The van der Waals surface area contributed by atoms with Crippen molar-refractivity contribution in [1.82, 2.24) is 10.1 Å². The van der Waals surface area contributed by atoms with Crippen LogP contribution in [0.1, 0.15) is 47.8 Å². The van der Waals surface area contributed by atoms with E-state index in [1.807, 2.05) is 41.3 Å². The molecule has 4 rings (SSSR count). The number of nitrogens with zero attached hydrogens (tertiary/aromatic N) is 2. The fraction of sp³-hybridized carbons (Fsp3) is 0.273. The molecule has 1 aliphatic heterocycles. The molecule has 1 fully saturated rings. The van der Waals surface area contributed by atoms with Crippen molar-refractivity contribution in [2.75, 3.05) is 6.54 Å². The van der Waals surface area contributed by atoms with Gasteiger partial charge in [0.25, 0.3) is 5.91 Å². The fourth-order valence-corrected chi connectivity index (χ4v) is 3.67. The minimum atomic E-state index is -0.281. The molecular weight excluding hydrogens is 343 g/mol. The van der Waals surface area contributed by atoms with Gasteiger partial charge in [0.05, 0.1) is 6.04 Å².